The normalized spacial score (nSPS) is 17.3. The van der Waals surface area contributed by atoms with Crippen molar-refractivity contribution in [1.82, 2.24) is 25.4 Å². The van der Waals surface area contributed by atoms with Gasteiger partial charge in [0.2, 0.25) is 11.8 Å². The molecular formula is C34H33ClF3N7O4. The molecule has 0 saturated carbocycles. The third-order valence-corrected chi connectivity index (χ3v) is 8.83. The molecule has 0 spiro atoms. The van der Waals surface area contributed by atoms with Crippen LogP contribution in [-0.4, -0.2) is 69.5 Å². The Hall–Kier alpha value is -4.95. The van der Waals surface area contributed by atoms with E-state index in [9.17, 15) is 23.2 Å². The summed E-state index contributed by atoms with van der Waals surface area (Å²) in [5.41, 5.74) is -0.837. The predicted octanol–water partition coefficient (Wildman–Crippen LogP) is 5.65. The van der Waals surface area contributed by atoms with Crippen LogP contribution < -0.4 is 20.3 Å². The van der Waals surface area contributed by atoms with Crippen LogP contribution in [0.4, 0.5) is 24.7 Å². The Morgan fingerprint density at radius 2 is 1.86 bits per heavy atom. The van der Waals surface area contributed by atoms with Gasteiger partial charge in [0, 0.05) is 72.9 Å². The van der Waals surface area contributed by atoms with E-state index >= 15 is 4.39 Å². The summed E-state index contributed by atoms with van der Waals surface area (Å²) in [7, 11) is 2.00. The third kappa shape index (κ3) is 8.20. The van der Waals surface area contributed by atoms with Crippen molar-refractivity contribution in [3.63, 3.8) is 0 Å². The minimum atomic E-state index is -3.85. The number of amides is 3. The second-order valence-corrected chi connectivity index (χ2v) is 12.5. The van der Waals surface area contributed by atoms with Crippen molar-refractivity contribution in [3.05, 3.63) is 89.5 Å². The van der Waals surface area contributed by atoms with Crippen molar-refractivity contribution in [2.75, 3.05) is 30.4 Å². The molecule has 4 heterocycles. The zero-order chi connectivity index (χ0) is 34.7. The molecule has 15 heteroatoms. The van der Waals surface area contributed by atoms with E-state index in [1.807, 2.05) is 13.1 Å². The Bertz CT molecular complexity index is 1830. The number of aromatic nitrogens is 3. The molecule has 11 nitrogen and oxygen atoms in total. The van der Waals surface area contributed by atoms with Crippen LogP contribution in [-0.2, 0) is 16.1 Å². The van der Waals surface area contributed by atoms with Gasteiger partial charge in [-0.1, -0.05) is 12.1 Å². The van der Waals surface area contributed by atoms with Gasteiger partial charge in [-0.3, -0.25) is 29.7 Å². The number of carbonyl (C=O) groups is 3. The summed E-state index contributed by atoms with van der Waals surface area (Å²) in [6.07, 6.45) is 5.27. The topological polar surface area (TPSA) is 133 Å². The number of rotatable bonds is 10. The molecular weight excluding hydrogens is 663 g/mol. The van der Waals surface area contributed by atoms with Crippen molar-refractivity contribution in [2.24, 2.45) is 0 Å². The first kappa shape index (κ1) is 33.9. The number of halogens is 4. The van der Waals surface area contributed by atoms with E-state index in [0.717, 1.165) is 18.4 Å². The number of H-pyrrole nitrogens is 1. The fourth-order valence-electron chi connectivity index (χ4n) is 6.25. The standard InChI is InChI=1S/C34H33ClF3N7O4/c1-44(19-20-2-7-25(28(36)16-20)26-8-9-30(46)42-33(26)48)23-11-14-45(15-12-23)31-27(29-10-13-40-43-29)17-21(18-39-31)32(47)41-22-3-5-24(6-4-22)49-34(35,37)38/h2-7,10,13,16-18,23,26H,8-9,11-12,14-15,19H2,1H3,(H,40,43)(H,41,47)(H,42,46,48). The van der Waals surface area contributed by atoms with E-state index in [-0.39, 0.29) is 29.7 Å². The van der Waals surface area contributed by atoms with Gasteiger partial charge in [0.1, 0.15) is 17.4 Å². The smallest absolute Gasteiger partial charge is 0.420 e. The van der Waals surface area contributed by atoms with Gasteiger partial charge in [-0.25, -0.2) is 9.37 Å². The van der Waals surface area contributed by atoms with E-state index in [0.29, 0.717) is 54.4 Å². The number of imide groups is 1. The lowest BCUT2D eigenvalue weighted by Crippen LogP contribution is -2.43. The molecule has 2 saturated heterocycles. The highest BCUT2D eigenvalue weighted by Crippen LogP contribution is 2.33. The molecule has 4 aromatic rings. The quantitative estimate of drug-likeness (QED) is 0.143. The molecule has 3 amide bonds. The van der Waals surface area contributed by atoms with Crippen LogP contribution >= 0.6 is 11.6 Å². The van der Waals surface area contributed by atoms with Crippen LogP contribution in [0.1, 0.15) is 53.1 Å². The van der Waals surface area contributed by atoms with E-state index in [4.69, 9.17) is 11.6 Å². The van der Waals surface area contributed by atoms with Crippen molar-refractivity contribution in [3.8, 4) is 17.0 Å². The molecule has 3 N–H and O–H groups in total. The molecule has 2 fully saturated rings. The fourth-order valence-corrected chi connectivity index (χ4v) is 6.34. The van der Waals surface area contributed by atoms with Crippen molar-refractivity contribution >= 4 is 40.8 Å². The average molecular weight is 696 g/mol. The lowest BCUT2D eigenvalue weighted by Gasteiger charge is -2.38. The van der Waals surface area contributed by atoms with Gasteiger partial charge in [0.25, 0.3) is 5.91 Å². The van der Waals surface area contributed by atoms with Gasteiger partial charge in [0.05, 0.1) is 17.2 Å². The number of nitrogens with one attached hydrogen (secondary N) is 3. The molecule has 49 heavy (non-hydrogen) atoms. The fraction of sp³-hybridized carbons (Fsp3) is 0.324. The lowest BCUT2D eigenvalue weighted by molar-refractivity contribution is -0.134. The van der Waals surface area contributed by atoms with Crippen LogP contribution in [0.2, 0.25) is 0 Å². The maximum atomic E-state index is 15.1. The van der Waals surface area contributed by atoms with Crippen molar-refractivity contribution in [1.29, 1.82) is 0 Å². The molecule has 2 aromatic carbocycles. The molecule has 0 radical (unpaired) electrons. The number of carbonyl (C=O) groups excluding carboxylic acids is 3. The average Bonchev–Trinajstić information content (AvgIpc) is 3.61. The molecule has 1 atom stereocenters. The highest BCUT2D eigenvalue weighted by molar-refractivity contribution is 6.20. The molecule has 0 bridgehead atoms. The lowest BCUT2D eigenvalue weighted by atomic mass is 9.89. The Kier molecular flexibility index (Phi) is 9.88. The summed E-state index contributed by atoms with van der Waals surface area (Å²) in [5.74, 6) is -1.85. The molecule has 2 aliphatic heterocycles. The first-order valence-electron chi connectivity index (χ1n) is 15.7. The van der Waals surface area contributed by atoms with Crippen molar-refractivity contribution in [2.45, 2.75) is 49.8 Å². The highest BCUT2D eigenvalue weighted by Gasteiger charge is 2.31. The molecule has 256 valence electrons. The summed E-state index contributed by atoms with van der Waals surface area (Å²) in [6.45, 7) is 1.89. The zero-order valence-electron chi connectivity index (χ0n) is 26.4. The maximum absolute atomic E-state index is 15.1. The minimum Gasteiger partial charge on any atom is -0.420 e. The van der Waals surface area contributed by atoms with Crippen LogP contribution in [0.25, 0.3) is 11.3 Å². The van der Waals surface area contributed by atoms with Crippen LogP contribution in [0, 0.1) is 5.82 Å². The molecule has 6 rings (SSSR count). The van der Waals surface area contributed by atoms with E-state index < -0.39 is 29.1 Å². The number of ether oxygens (including phenoxy) is 1. The van der Waals surface area contributed by atoms with Gasteiger partial charge < -0.3 is 15.0 Å². The van der Waals surface area contributed by atoms with Gasteiger partial charge in [0.15, 0.2) is 0 Å². The van der Waals surface area contributed by atoms with Crippen LogP contribution in [0.5, 0.6) is 5.75 Å². The van der Waals surface area contributed by atoms with Crippen LogP contribution in [0.3, 0.4) is 0 Å². The number of hydrogen-bond acceptors (Lipinski definition) is 8. The Morgan fingerprint density at radius 3 is 2.51 bits per heavy atom. The number of pyridine rings is 1. The number of aromatic amines is 1. The van der Waals surface area contributed by atoms with E-state index in [2.05, 4.69) is 40.4 Å². The Labute approximate surface area is 284 Å². The SMILES string of the molecule is CN(Cc1ccc(C2CCC(=O)NC2=O)c(F)c1)C1CCN(c2ncc(C(=O)Nc3ccc(OC(F)(F)Cl)cc3)cc2-c2cc[nH]n2)CC1. The van der Waals surface area contributed by atoms with Gasteiger partial charge in [-0.05, 0) is 74.3 Å². The summed E-state index contributed by atoms with van der Waals surface area (Å²) >= 11 is 4.81. The number of hydrogen-bond donors (Lipinski definition) is 3. The number of benzene rings is 2. The summed E-state index contributed by atoms with van der Waals surface area (Å²) < 4.78 is 45.2. The largest absolute Gasteiger partial charge is 0.487 e. The second kappa shape index (κ2) is 14.3. The molecule has 1 unspecified atom stereocenters. The number of nitrogens with zero attached hydrogens (tertiary/aromatic N) is 4. The highest BCUT2D eigenvalue weighted by atomic mass is 35.5. The Morgan fingerprint density at radius 1 is 1.10 bits per heavy atom. The predicted molar refractivity (Wildman–Crippen MR) is 176 cm³/mol. The van der Waals surface area contributed by atoms with E-state index in [1.54, 1.807) is 24.4 Å². The first-order valence-corrected chi connectivity index (χ1v) is 16.1. The van der Waals surface area contributed by atoms with E-state index in [1.165, 1.54) is 36.5 Å². The number of anilines is 2. The monoisotopic (exact) mass is 695 g/mol. The molecule has 2 aliphatic rings. The summed E-state index contributed by atoms with van der Waals surface area (Å²) in [4.78, 5) is 45.9. The summed E-state index contributed by atoms with van der Waals surface area (Å²) in [6, 6.07) is 14.0. The second-order valence-electron chi connectivity index (χ2n) is 12.1. The minimum absolute atomic E-state index is 0.158. The number of alkyl halides is 3. The van der Waals surface area contributed by atoms with Gasteiger partial charge >= 0.3 is 5.57 Å². The van der Waals surface area contributed by atoms with Gasteiger partial charge in [-0.2, -0.15) is 5.10 Å². The van der Waals surface area contributed by atoms with Crippen molar-refractivity contribution < 1.29 is 32.3 Å². The first-order chi connectivity index (χ1) is 23.4. The number of piperidine rings is 2. The third-order valence-electron chi connectivity index (χ3n) is 8.75. The molecule has 0 aliphatic carbocycles. The van der Waals surface area contributed by atoms with Crippen LogP contribution in [0.15, 0.2) is 67.0 Å². The zero-order valence-corrected chi connectivity index (χ0v) is 27.1. The maximum Gasteiger partial charge on any atom is 0.487 e. The summed E-state index contributed by atoms with van der Waals surface area (Å²) in [5, 5.41) is 12.1. The Balaban J connectivity index is 1.09. The van der Waals surface area contributed by atoms with Gasteiger partial charge in [-0.15, -0.1) is 8.78 Å². The molecule has 2 aromatic heterocycles.